The lowest BCUT2D eigenvalue weighted by Gasteiger charge is -2.08. The fourth-order valence-electron chi connectivity index (χ4n) is 4.68. The van der Waals surface area contributed by atoms with Gasteiger partial charge in [0.15, 0.2) is 5.70 Å². The Bertz CT molecular complexity index is 2210. The number of nitriles is 8. The van der Waals surface area contributed by atoms with Gasteiger partial charge in [0.05, 0.1) is 63.2 Å². The zero-order chi connectivity index (χ0) is 34.6. The largest absolute Gasteiger partial charge is 0.238 e. The van der Waals surface area contributed by atoms with E-state index in [1.54, 1.807) is 54.6 Å². The van der Waals surface area contributed by atoms with E-state index in [-0.39, 0.29) is 50.2 Å². The van der Waals surface area contributed by atoms with Crippen LogP contribution in [0.1, 0.15) is 66.8 Å². The molecule has 0 N–H and O–H groups in total. The molecule has 0 saturated heterocycles. The minimum absolute atomic E-state index is 0.107. The molecule has 4 aromatic rings. The maximum absolute atomic E-state index is 10.0. The Labute approximate surface area is 276 Å². The van der Waals surface area contributed by atoms with Crippen molar-refractivity contribution in [1.29, 1.82) is 42.1 Å². The van der Waals surface area contributed by atoms with Crippen LogP contribution in [-0.2, 0) is 0 Å². The van der Waals surface area contributed by atoms with E-state index in [0.29, 0.717) is 33.4 Å². The van der Waals surface area contributed by atoms with E-state index in [9.17, 15) is 42.1 Å². The van der Waals surface area contributed by atoms with Gasteiger partial charge in [-0.25, -0.2) is 4.85 Å². The average Bonchev–Trinajstić information content (AvgIpc) is 3.13. The van der Waals surface area contributed by atoms with Crippen LogP contribution < -0.4 is 0 Å². The molecule has 0 aliphatic heterocycles. The van der Waals surface area contributed by atoms with Gasteiger partial charge in [0, 0.05) is 0 Å². The molecule has 0 atom stereocenters. The van der Waals surface area contributed by atoms with Crippen LogP contribution in [0.5, 0.6) is 0 Å². The number of hydrogen-bond donors (Lipinski definition) is 0. The van der Waals surface area contributed by atoms with Gasteiger partial charge in [0.1, 0.15) is 36.4 Å². The topological polar surface area (TPSA) is 195 Å². The van der Waals surface area contributed by atoms with Crippen LogP contribution in [0.3, 0.4) is 0 Å². The van der Waals surface area contributed by atoms with Crippen LogP contribution in [0.25, 0.3) is 39.9 Å². The summed E-state index contributed by atoms with van der Waals surface area (Å²) in [5.74, 6) is 0. The first-order valence-electron chi connectivity index (χ1n) is 13.7. The highest BCUT2D eigenvalue weighted by Gasteiger charge is 2.12. The molecule has 0 spiro atoms. The van der Waals surface area contributed by atoms with E-state index in [1.165, 1.54) is 36.4 Å². The lowest BCUT2D eigenvalue weighted by molar-refractivity contribution is 1.42. The standard InChI is InChI=1S/C39H15N9/c1-48-39(30-4-7-33(19-42)38(16-30)24-47)13-27-9-25(11-34(20-43)28-2-5-31(17-40)36(14-28)22-45)8-26(10-27)12-35(21-44)29-3-6-32(18-41)37(15-29)23-46/h2-16H/b34-11+,35-12+,39-13-. The monoisotopic (exact) mass is 609 g/mol. The van der Waals surface area contributed by atoms with Gasteiger partial charge in [-0.3, -0.25) is 0 Å². The number of rotatable bonds is 6. The molecular weight excluding hydrogens is 594 g/mol. The summed E-state index contributed by atoms with van der Waals surface area (Å²) in [6, 6.07) is 34.4. The molecule has 9 nitrogen and oxygen atoms in total. The minimum atomic E-state index is 0.107. The number of allylic oxidation sites excluding steroid dienone is 2. The van der Waals surface area contributed by atoms with Gasteiger partial charge in [-0.15, -0.1) is 0 Å². The second kappa shape index (κ2) is 14.8. The molecule has 0 aliphatic carbocycles. The highest BCUT2D eigenvalue weighted by molar-refractivity contribution is 5.94. The van der Waals surface area contributed by atoms with E-state index in [1.807, 2.05) is 36.4 Å². The SMILES string of the molecule is [C-]#[N+]/C(=C\c1cc(/C=C(\C#N)c2ccc(C#N)c(C#N)c2)cc(/C=C(\C#N)c2ccc(C#N)c(C#N)c2)c1)c1ccc(C#N)c(C#N)c1. The summed E-state index contributed by atoms with van der Waals surface area (Å²) in [6.07, 6.45) is 4.69. The molecule has 4 aromatic carbocycles. The van der Waals surface area contributed by atoms with Crippen molar-refractivity contribution in [3.8, 4) is 48.6 Å². The second-order valence-corrected chi connectivity index (χ2v) is 9.87. The van der Waals surface area contributed by atoms with Crippen molar-refractivity contribution in [2.45, 2.75) is 0 Å². The lowest BCUT2D eigenvalue weighted by atomic mass is 9.95. The first-order valence-corrected chi connectivity index (χ1v) is 13.7. The Morgan fingerprint density at radius 1 is 0.438 bits per heavy atom. The third-order valence-corrected chi connectivity index (χ3v) is 6.99. The van der Waals surface area contributed by atoms with Gasteiger partial charge in [-0.05, 0) is 106 Å². The summed E-state index contributed by atoms with van der Waals surface area (Å²) in [5.41, 5.74) is 4.00. The molecule has 0 aliphatic rings. The molecule has 0 saturated carbocycles. The first-order chi connectivity index (χ1) is 23.3. The van der Waals surface area contributed by atoms with E-state index in [4.69, 9.17) is 6.57 Å². The Morgan fingerprint density at radius 2 is 0.771 bits per heavy atom. The normalized spacial score (nSPS) is 10.7. The van der Waals surface area contributed by atoms with Crippen LogP contribution in [0, 0.1) is 97.2 Å². The summed E-state index contributed by atoms with van der Waals surface area (Å²) in [6.45, 7) is 7.83. The second-order valence-electron chi connectivity index (χ2n) is 9.87. The Balaban J connectivity index is 1.96. The fraction of sp³-hybridized carbons (Fsp3) is 0. The van der Waals surface area contributed by atoms with Crippen molar-refractivity contribution in [3.05, 3.63) is 151 Å². The molecule has 9 heteroatoms. The van der Waals surface area contributed by atoms with Gasteiger partial charge >= 0.3 is 0 Å². The van der Waals surface area contributed by atoms with Crippen LogP contribution in [0.4, 0.5) is 0 Å². The Kier molecular flexibility index (Phi) is 10.00. The zero-order valence-electron chi connectivity index (χ0n) is 24.7. The molecule has 0 amide bonds. The van der Waals surface area contributed by atoms with Gasteiger partial charge < -0.3 is 0 Å². The van der Waals surface area contributed by atoms with E-state index < -0.39 is 0 Å². The number of nitrogens with zero attached hydrogens (tertiary/aromatic N) is 9. The van der Waals surface area contributed by atoms with Crippen molar-refractivity contribution < 1.29 is 0 Å². The lowest BCUT2D eigenvalue weighted by Crippen LogP contribution is -1.91. The quantitative estimate of drug-likeness (QED) is 0.122. The summed E-state index contributed by atoms with van der Waals surface area (Å²) < 4.78 is 0. The zero-order valence-corrected chi connectivity index (χ0v) is 24.7. The van der Waals surface area contributed by atoms with E-state index in [0.717, 1.165) is 0 Å². The van der Waals surface area contributed by atoms with Crippen LogP contribution in [0.2, 0.25) is 0 Å². The molecule has 0 unspecified atom stereocenters. The minimum Gasteiger partial charge on any atom is -0.238 e. The number of benzene rings is 4. The van der Waals surface area contributed by atoms with Crippen LogP contribution in [-0.4, -0.2) is 0 Å². The van der Waals surface area contributed by atoms with Gasteiger partial charge in [-0.1, -0.05) is 18.2 Å². The Morgan fingerprint density at radius 3 is 1.10 bits per heavy atom. The highest BCUT2D eigenvalue weighted by Crippen LogP contribution is 2.28. The third-order valence-electron chi connectivity index (χ3n) is 6.99. The molecular formula is C39H15N9. The third kappa shape index (κ3) is 7.00. The molecule has 0 fully saturated rings. The fourth-order valence-corrected chi connectivity index (χ4v) is 4.68. The van der Waals surface area contributed by atoms with E-state index >= 15 is 0 Å². The predicted octanol–water partition coefficient (Wildman–Crippen LogP) is 7.46. The van der Waals surface area contributed by atoms with Crippen molar-refractivity contribution in [2.24, 2.45) is 0 Å². The molecule has 0 radical (unpaired) electrons. The summed E-state index contributed by atoms with van der Waals surface area (Å²) in [7, 11) is 0. The average molecular weight is 610 g/mol. The van der Waals surface area contributed by atoms with Crippen molar-refractivity contribution in [3.63, 3.8) is 0 Å². The van der Waals surface area contributed by atoms with Crippen molar-refractivity contribution in [2.75, 3.05) is 0 Å². The Hall–Kier alpha value is -8.49. The first kappa shape index (κ1) is 32.4. The smallest absolute Gasteiger partial charge is 0.194 e. The molecule has 0 aromatic heterocycles. The molecule has 0 heterocycles. The molecule has 0 bridgehead atoms. The summed E-state index contributed by atoms with van der Waals surface area (Å²) in [5, 5.41) is 76.4. The predicted molar refractivity (Wildman–Crippen MR) is 175 cm³/mol. The molecule has 48 heavy (non-hydrogen) atoms. The molecule has 216 valence electrons. The molecule has 4 rings (SSSR count). The van der Waals surface area contributed by atoms with Crippen LogP contribution in [0.15, 0.2) is 72.8 Å². The van der Waals surface area contributed by atoms with Gasteiger partial charge in [0.2, 0.25) is 0 Å². The summed E-state index contributed by atoms with van der Waals surface area (Å²) >= 11 is 0. The maximum Gasteiger partial charge on any atom is 0.194 e. The maximum atomic E-state index is 10.0. The van der Waals surface area contributed by atoms with Gasteiger partial charge in [-0.2, -0.15) is 42.1 Å². The number of hydrogen-bond acceptors (Lipinski definition) is 8. The van der Waals surface area contributed by atoms with Crippen LogP contribution >= 0.6 is 0 Å². The summed E-state index contributed by atoms with van der Waals surface area (Å²) in [4.78, 5) is 3.63. The van der Waals surface area contributed by atoms with Crippen molar-refractivity contribution >= 4 is 35.1 Å². The van der Waals surface area contributed by atoms with Gasteiger partial charge in [0.25, 0.3) is 0 Å². The highest BCUT2D eigenvalue weighted by atomic mass is 14.7. The van der Waals surface area contributed by atoms with E-state index in [2.05, 4.69) is 17.0 Å². The van der Waals surface area contributed by atoms with Crippen molar-refractivity contribution in [1.82, 2.24) is 0 Å².